The lowest BCUT2D eigenvalue weighted by molar-refractivity contribution is -0.127. The predicted octanol–water partition coefficient (Wildman–Crippen LogP) is 3.58. The van der Waals surface area contributed by atoms with Gasteiger partial charge in [0.2, 0.25) is 0 Å². The highest BCUT2D eigenvalue weighted by Crippen LogP contribution is 2.58. The van der Waals surface area contributed by atoms with Crippen molar-refractivity contribution in [2.24, 2.45) is 22.2 Å². The molecule has 0 heterocycles. The van der Waals surface area contributed by atoms with Crippen molar-refractivity contribution >= 4 is 5.71 Å². The average Bonchev–Trinajstić information content (AvgIpc) is 2.20. The largest absolute Gasteiger partial charge is 0.384 e. The van der Waals surface area contributed by atoms with Crippen LogP contribution in [0.5, 0.6) is 0 Å². The number of hydrogen-bond donors (Lipinski definition) is 1. The van der Waals surface area contributed by atoms with E-state index in [-0.39, 0.29) is 5.41 Å². The molecule has 0 aliphatic heterocycles. The van der Waals surface area contributed by atoms with Crippen molar-refractivity contribution in [1.29, 1.82) is 0 Å². The Morgan fingerprint density at radius 1 is 1.18 bits per heavy atom. The van der Waals surface area contributed by atoms with Gasteiger partial charge in [0.15, 0.2) is 0 Å². The van der Waals surface area contributed by atoms with Crippen LogP contribution in [0.4, 0.5) is 0 Å². The Labute approximate surface area is 105 Å². The minimum atomic E-state index is -0.801. The standard InChI is InChI=1S/C15H25NO/c1-7-13(16-8-2)15(17)9-14(10-15,11(3)4)12(5)6/h7-8,11-12,17H,1-2,9-10H2,3-6H3. The number of aliphatic hydroxyl groups is 1. The molecule has 1 saturated carbocycles. The lowest BCUT2D eigenvalue weighted by atomic mass is 9.49. The molecule has 17 heavy (non-hydrogen) atoms. The molecule has 1 aliphatic carbocycles. The van der Waals surface area contributed by atoms with Gasteiger partial charge in [-0.05, 0) is 36.2 Å². The molecule has 0 radical (unpaired) electrons. The van der Waals surface area contributed by atoms with Crippen LogP contribution in [0.3, 0.4) is 0 Å². The molecule has 1 fully saturated rings. The van der Waals surface area contributed by atoms with E-state index in [0.717, 1.165) is 12.8 Å². The molecule has 2 nitrogen and oxygen atoms in total. The fourth-order valence-electron chi connectivity index (χ4n) is 3.16. The highest BCUT2D eigenvalue weighted by atomic mass is 16.3. The first-order valence-electron chi connectivity index (χ1n) is 6.36. The van der Waals surface area contributed by atoms with E-state index in [1.807, 2.05) is 0 Å². The summed E-state index contributed by atoms with van der Waals surface area (Å²) in [4.78, 5) is 4.13. The summed E-state index contributed by atoms with van der Waals surface area (Å²) in [5.41, 5.74) is 0.0777. The Kier molecular flexibility index (Phi) is 3.98. The molecule has 0 aromatic carbocycles. The first-order valence-corrected chi connectivity index (χ1v) is 6.36. The number of rotatable bonds is 5. The second kappa shape index (κ2) is 4.77. The molecule has 0 atom stereocenters. The first kappa shape index (κ1) is 14.2. The highest BCUT2D eigenvalue weighted by Gasteiger charge is 2.58. The van der Waals surface area contributed by atoms with E-state index in [1.165, 1.54) is 6.20 Å². The van der Waals surface area contributed by atoms with Crippen LogP contribution >= 0.6 is 0 Å². The third-order valence-electron chi connectivity index (χ3n) is 4.44. The Bertz CT molecular complexity index is 323. The smallest absolute Gasteiger partial charge is 0.108 e. The normalized spacial score (nSPS) is 22.4. The van der Waals surface area contributed by atoms with Crippen LogP contribution in [0.2, 0.25) is 0 Å². The number of nitrogens with zero attached hydrogens (tertiary/aromatic N) is 1. The summed E-state index contributed by atoms with van der Waals surface area (Å²) in [6.45, 7) is 16.2. The molecule has 0 aromatic rings. The molecule has 96 valence electrons. The summed E-state index contributed by atoms with van der Waals surface area (Å²) in [6.07, 6.45) is 4.66. The molecular weight excluding hydrogens is 210 g/mol. The molecule has 0 bridgehead atoms. The fourth-order valence-corrected chi connectivity index (χ4v) is 3.16. The van der Waals surface area contributed by atoms with E-state index < -0.39 is 5.60 Å². The van der Waals surface area contributed by atoms with Crippen LogP contribution in [-0.2, 0) is 0 Å². The summed E-state index contributed by atoms with van der Waals surface area (Å²) in [5, 5.41) is 10.6. The quantitative estimate of drug-likeness (QED) is 0.726. The van der Waals surface area contributed by atoms with Gasteiger partial charge in [-0.15, -0.1) is 0 Å². The van der Waals surface area contributed by atoms with Crippen molar-refractivity contribution in [3.63, 3.8) is 0 Å². The van der Waals surface area contributed by atoms with Crippen molar-refractivity contribution in [3.8, 4) is 0 Å². The van der Waals surface area contributed by atoms with Gasteiger partial charge in [0, 0.05) is 6.20 Å². The van der Waals surface area contributed by atoms with Gasteiger partial charge in [0.05, 0.1) is 5.71 Å². The van der Waals surface area contributed by atoms with E-state index in [2.05, 4.69) is 45.8 Å². The van der Waals surface area contributed by atoms with Gasteiger partial charge in [-0.1, -0.05) is 40.9 Å². The Hall–Kier alpha value is -0.890. The maximum absolute atomic E-state index is 10.6. The lowest BCUT2D eigenvalue weighted by Gasteiger charge is -2.58. The zero-order valence-corrected chi connectivity index (χ0v) is 11.5. The Balaban J connectivity index is 2.93. The minimum Gasteiger partial charge on any atom is -0.384 e. The molecule has 0 unspecified atom stereocenters. The number of aliphatic imine (C=N–C) groups is 1. The SMILES string of the molecule is C=CN=C(C=C)C1(O)CC(C(C)C)(C(C)C)C1. The minimum absolute atomic E-state index is 0.222. The molecule has 0 amide bonds. The fraction of sp³-hybridized carbons (Fsp3) is 0.667. The van der Waals surface area contributed by atoms with Crippen molar-refractivity contribution in [2.45, 2.75) is 46.1 Å². The summed E-state index contributed by atoms with van der Waals surface area (Å²) >= 11 is 0. The monoisotopic (exact) mass is 235 g/mol. The zero-order valence-electron chi connectivity index (χ0n) is 11.5. The van der Waals surface area contributed by atoms with Gasteiger partial charge < -0.3 is 5.11 Å². The van der Waals surface area contributed by atoms with E-state index in [4.69, 9.17) is 0 Å². The lowest BCUT2D eigenvalue weighted by Crippen LogP contribution is -2.60. The summed E-state index contributed by atoms with van der Waals surface area (Å²) in [7, 11) is 0. The first-order chi connectivity index (χ1) is 7.82. The molecule has 1 rings (SSSR count). The second-order valence-corrected chi connectivity index (χ2v) is 5.83. The van der Waals surface area contributed by atoms with Gasteiger partial charge in [-0.25, -0.2) is 0 Å². The van der Waals surface area contributed by atoms with Crippen LogP contribution in [0.15, 0.2) is 30.4 Å². The topological polar surface area (TPSA) is 32.6 Å². The van der Waals surface area contributed by atoms with E-state index in [9.17, 15) is 5.11 Å². The van der Waals surface area contributed by atoms with Gasteiger partial charge in [-0.3, -0.25) is 4.99 Å². The van der Waals surface area contributed by atoms with Gasteiger partial charge in [0.25, 0.3) is 0 Å². The predicted molar refractivity (Wildman–Crippen MR) is 74.1 cm³/mol. The van der Waals surface area contributed by atoms with Gasteiger partial charge in [-0.2, -0.15) is 0 Å². The van der Waals surface area contributed by atoms with Crippen LogP contribution in [0.1, 0.15) is 40.5 Å². The number of hydrogen-bond acceptors (Lipinski definition) is 2. The van der Waals surface area contributed by atoms with E-state index in [1.54, 1.807) is 6.08 Å². The third-order valence-corrected chi connectivity index (χ3v) is 4.44. The molecular formula is C15H25NO. The van der Waals surface area contributed by atoms with E-state index >= 15 is 0 Å². The summed E-state index contributed by atoms with van der Waals surface area (Å²) in [5.74, 6) is 1.13. The Morgan fingerprint density at radius 3 is 1.94 bits per heavy atom. The molecule has 2 heteroatoms. The van der Waals surface area contributed by atoms with Crippen molar-refractivity contribution in [1.82, 2.24) is 0 Å². The maximum Gasteiger partial charge on any atom is 0.108 e. The molecule has 0 saturated heterocycles. The second-order valence-electron chi connectivity index (χ2n) is 5.83. The zero-order chi connectivity index (χ0) is 13.3. The molecule has 1 N–H and O–H groups in total. The molecule has 0 spiro atoms. The van der Waals surface area contributed by atoms with Crippen LogP contribution in [0.25, 0.3) is 0 Å². The summed E-state index contributed by atoms with van der Waals surface area (Å²) < 4.78 is 0. The Morgan fingerprint density at radius 2 is 1.65 bits per heavy atom. The third kappa shape index (κ3) is 2.23. The van der Waals surface area contributed by atoms with Crippen LogP contribution in [0, 0.1) is 17.3 Å². The summed E-state index contributed by atoms with van der Waals surface area (Å²) in [6, 6.07) is 0. The van der Waals surface area contributed by atoms with Crippen molar-refractivity contribution in [3.05, 3.63) is 25.4 Å². The molecule has 1 aliphatic rings. The highest BCUT2D eigenvalue weighted by molar-refractivity contribution is 6.02. The van der Waals surface area contributed by atoms with Crippen molar-refractivity contribution < 1.29 is 5.11 Å². The van der Waals surface area contributed by atoms with Crippen LogP contribution in [-0.4, -0.2) is 16.4 Å². The maximum atomic E-state index is 10.6. The molecule has 0 aromatic heterocycles. The van der Waals surface area contributed by atoms with Crippen LogP contribution < -0.4 is 0 Å². The van der Waals surface area contributed by atoms with Gasteiger partial charge in [0.1, 0.15) is 5.60 Å². The van der Waals surface area contributed by atoms with E-state index in [0.29, 0.717) is 17.5 Å². The van der Waals surface area contributed by atoms with Crippen molar-refractivity contribution in [2.75, 3.05) is 0 Å². The average molecular weight is 235 g/mol. The van der Waals surface area contributed by atoms with Gasteiger partial charge >= 0.3 is 0 Å².